The second-order valence-corrected chi connectivity index (χ2v) is 5.89. The Morgan fingerprint density at radius 2 is 1.89 bits per heavy atom. The van der Waals surface area contributed by atoms with E-state index in [1.807, 2.05) is 36.9 Å². The van der Waals surface area contributed by atoms with Gasteiger partial charge in [0.05, 0.1) is 25.9 Å². The molecule has 0 radical (unpaired) electrons. The number of hydrogen-bond acceptors (Lipinski definition) is 4. The first kappa shape index (κ1) is 20.6. The quantitative estimate of drug-likeness (QED) is 0.721. The lowest BCUT2D eigenvalue weighted by Crippen LogP contribution is -2.33. The maximum Gasteiger partial charge on any atom is 0.238 e. The van der Waals surface area contributed by atoms with Crippen LogP contribution in [0.15, 0.2) is 36.4 Å². The van der Waals surface area contributed by atoms with Crippen molar-refractivity contribution in [2.75, 3.05) is 32.1 Å². The second kappa shape index (κ2) is 9.87. The number of methoxy groups -OCH3 is 1. The number of nitrogens with one attached hydrogen (secondary N) is 1. The first-order chi connectivity index (χ1) is 13.0. The van der Waals surface area contributed by atoms with Crippen molar-refractivity contribution in [3.05, 3.63) is 53.6 Å². The van der Waals surface area contributed by atoms with Gasteiger partial charge in [0, 0.05) is 12.6 Å². The van der Waals surface area contributed by atoms with Crippen LogP contribution in [-0.4, -0.2) is 37.6 Å². The number of likely N-dealkylation sites (N-methyl/N-ethyl adjacent to an activating group) is 1. The molecule has 2 rings (SSSR count). The van der Waals surface area contributed by atoms with Gasteiger partial charge in [-0.3, -0.25) is 9.69 Å². The van der Waals surface area contributed by atoms with Crippen molar-refractivity contribution in [2.45, 2.75) is 20.4 Å². The molecule has 0 heterocycles. The van der Waals surface area contributed by atoms with Crippen molar-refractivity contribution in [1.29, 1.82) is 0 Å². The van der Waals surface area contributed by atoms with Crippen LogP contribution in [0.2, 0.25) is 0 Å². The van der Waals surface area contributed by atoms with E-state index in [4.69, 9.17) is 9.47 Å². The van der Waals surface area contributed by atoms with Gasteiger partial charge in [-0.1, -0.05) is 13.0 Å². The fourth-order valence-electron chi connectivity index (χ4n) is 2.61. The summed E-state index contributed by atoms with van der Waals surface area (Å²) in [6, 6.07) is 8.65. The lowest BCUT2D eigenvalue weighted by Gasteiger charge is -2.21. The fourth-order valence-corrected chi connectivity index (χ4v) is 2.61. The first-order valence-corrected chi connectivity index (χ1v) is 8.73. The van der Waals surface area contributed by atoms with Gasteiger partial charge >= 0.3 is 0 Å². The number of halogens is 2. The number of rotatable bonds is 9. The SMILES string of the molecule is CCOc1ccc(CN(CC)CC(=O)Nc2ccc(F)cc2F)cc1OC. The van der Waals surface area contributed by atoms with Crippen molar-refractivity contribution in [3.8, 4) is 11.5 Å². The molecule has 1 amide bonds. The standard InChI is InChI=1S/C20H24F2N2O3/c1-4-24(12-14-6-9-18(27-5-2)19(10-14)26-3)13-20(25)23-17-8-7-15(21)11-16(17)22/h6-11H,4-5,12-13H2,1-3H3,(H,23,25). The molecule has 27 heavy (non-hydrogen) atoms. The van der Waals surface area contributed by atoms with Crippen LogP contribution < -0.4 is 14.8 Å². The third-order valence-corrected chi connectivity index (χ3v) is 3.95. The van der Waals surface area contributed by atoms with Gasteiger partial charge in [0.25, 0.3) is 0 Å². The minimum atomic E-state index is -0.803. The van der Waals surface area contributed by atoms with E-state index in [-0.39, 0.29) is 18.1 Å². The van der Waals surface area contributed by atoms with Gasteiger partial charge in [-0.05, 0) is 43.3 Å². The van der Waals surface area contributed by atoms with Crippen molar-refractivity contribution < 1.29 is 23.0 Å². The first-order valence-electron chi connectivity index (χ1n) is 8.73. The largest absolute Gasteiger partial charge is 0.493 e. The van der Waals surface area contributed by atoms with E-state index in [1.165, 1.54) is 6.07 Å². The maximum absolute atomic E-state index is 13.7. The van der Waals surface area contributed by atoms with Crippen LogP contribution in [0.1, 0.15) is 19.4 Å². The molecule has 2 aromatic carbocycles. The summed E-state index contributed by atoms with van der Waals surface area (Å²) in [5, 5.41) is 2.47. The number of hydrogen-bond donors (Lipinski definition) is 1. The zero-order valence-electron chi connectivity index (χ0n) is 15.7. The summed E-state index contributed by atoms with van der Waals surface area (Å²) >= 11 is 0. The Hall–Kier alpha value is -2.67. The Morgan fingerprint density at radius 3 is 2.52 bits per heavy atom. The Kier molecular flexibility index (Phi) is 7.55. The number of anilines is 1. The molecule has 0 atom stereocenters. The molecule has 1 N–H and O–H groups in total. The molecule has 0 aliphatic rings. The highest BCUT2D eigenvalue weighted by Gasteiger charge is 2.14. The summed E-state index contributed by atoms with van der Waals surface area (Å²) in [7, 11) is 1.57. The molecular formula is C20H24F2N2O3. The molecule has 0 spiro atoms. The molecule has 0 aromatic heterocycles. The topological polar surface area (TPSA) is 50.8 Å². The normalized spacial score (nSPS) is 10.7. The monoisotopic (exact) mass is 378 g/mol. The number of benzene rings is 2. The van der Waals surface area contributed by atoms with E-state index in [0.29, 0.717) is 31.2 Å². The van der Waals surface area contributed by atoms with Crippen LogP contribution in [0.3, 0.4) is 0 Å². The van der Waals surface area contributed by atoms with Crippen LogP contribution in [0.4, 0.5) is 14.5 Å². The van der Waals surface area contributed by atoms with E-state index < -0.39 is 11.6 Å². The van der Waals surface area contributed by atoms with Crippen LogP contribution >= 0.6 is 0 Å². The summed E-state index contributed by atoms with van der Waals surface area (Å²) in [6.45, 7) is 5.57. The lowest BCUT2D eigenvalue weighted by atomic mass is 10.2. The molecular weight excluding hydrogens is 354 g/mol. The van der Waals surface area contributed by atoms with E-state index in [0.717, 1.165) is 17.7 Å². The fraction of sp³-hybridized carbons (Fsp3) is 0.350. The van der Waals surface area contributed by atoms with E-state index in [2.05, 4.69) is 5.32 Å². The van der Waals surface area contributed by atoms with E-state index in [9.17, 15) is 13.6 Å². The van der Waals surface area contributed by atoms with Crippen molar-refractivity contribution in [2.24, 2.45) is 0 Å². The molecule has 0 saturated heterocycles. The number of ether oxygens (including phenoxy) is 2. The van der Waals surface area contributed by atoms with E-state index in [1.54, 1.807) is 7.11 Å². The highest BCUT2D eigenvalue weighted by molar-refractivity contribution is 5.92. The Balaban J connectivity index is 2.01. The van der Waals surface area contributed by atoms with Gasteiger partial charge in [0.15, 0.2) is 11.5 Å². The zero-order chi connectivity index (χ0) is 19.8. The Labute approximate surface area is 157 Å². The average molecular weight is 378 g/mol. The molecule has 5 nitrogen and oxygen atoms in total. The minimum absolute atomic E-state index is 0.0415. The van der Waals surface area contributed by atoms with Crippen molar-refractivity contribution >= 4 is 11.6 Å². The van der Waals surface area contributed by atoms with Gasteiger partial charge in [-0.15, -0.1) is 0 Å². The Bertz CT molecular complexity index is 784. The van der Waals surface area contributed by atoms with Gasteiger partial charge in [0.1, 0.15) is 11.6 Å². The van der Waals surface area contributed by atoms with Crippen molar-refractivity contribution in [1.82, 2.24) is 4.90 Å². The predicted octanol–water partition coefficient (Wildman–Crippen LogP) is 3.83. The summed E-state index contributed by atoms with van der Waals surface area (Å²) < 4.78 is 37.5. The van der Waals surface area contributed by atoms with E-state index >= 15 is 0 Å². The van der Waals surface area contributed by atoms with Gasteiger partial charge in [-0.25, -0.2) is 8.78 Å². The predicted molar refractivity (Wildman–Crippen MR) is 100 cm³/mol. The molecule has 0 fully saturated rings. The molecule has 0 bridgehead atoms. The Morgan fingerprint density at radius 1 is 1.11 bits per heavy atom. The highest BCUT2D eigenvalue weighted by atomic mass is 19.1. The molecule has 0 unspecified atom stereocenters. The number of carbonyl (C=O) groups is 1. The summed E-state index contributed by atoms with van der Waals surface area (Å²) in [5.41, 5.74) is 0.915. The smallest absolute Gasteiger partial charge is 0.238 e. The van der Waals surface area contributed by atoms with Gasteiger partial charge < -0.3 is 14.8 Å². The molecule has 0 aliphatic carbocycles. The van der Waals surface area contributed by atoms with Gasteiger partial charge in [0.2, 0.25) is 5.91 Å². The number of nitrogens with zero attached hydrogens (tertiary/aromatic N) is 1. The van der Waals surface area contributed by atoms with Gasteiger partial charge in [-0.2, -0.15) is 0 Å². The van der Waals surface area contributed by atoms with Crippen LogP contribution in [0.25, 0.3) is 0 Å². The van der Waals surface area contributed by atoms with Crippen molar-refractivity contribution in [3.63, 3.8) is 0 Å². The molecule has 0 saturated carbocycles. The van der Waals surface area contributed by atoms with Crippen LogP contribution in [0.5, 0.6) is 11.5 Å². The summed E-state index contributed by atoms with van der Waals surface area (Å²) in [6.07, 6.45) is 0. The molecule has 146 valence electrons. The minimum Gasteiger partial charge on any atom is -0.493 e. The highest BCUT2D eigenvalue weighted by Crippen LogP contribution is 2.28. The summed E-state index contributed by atoms with van der Waals surface area (Å²) in [5.74, 6) is -0.576. The second-order valence-electron chi connectivity index (χ2n) is 5.89. The zero-order valence-corrected chi connectivity index (χ0v) is 15.7. The summed E-state index contributed by atoms with van der Waals surface area (Å²) in [4.78, 5) is 14.1. The number of amides is 1. The number of carbonyl (C=O) groups excluding carboxylic acids is 1. The van der Waals surface area contributed by atoms with Crippen LogP contribution in [0, 0.1) is 11.6 Å². The maximum atomic E-state index is 13.7. The third-order valence-electron chi connectivity index (χ3n) is 3.95. The average Bonchev–Trinajstić information content (AvgIpc) is 2.64. The molecule has 7 heteroatoms. The molecule has 0 aliphatic heterocycles. The molecule has 2 aromatic rings. The lowest BCUT2D eigenvalue weighted by molar-refractivity contribution is -0.117. The third kappa shape index (κ3) is 5.92. The van der Waals surface area contributed by atoms with Crippen LogP contribution in [-0.2, 0) is 11.3 Å².